The lowest BCUT2D eigenvalue weighted by atomic mass is 9.87. The molecule has 0 radical (unpaired) electrons. The Labute approximate surface area is 251 Å². The Kier molecular flexibility index (Phi) is 8.99. The van der Waals surface area contributed by atoms with Crippen molar-refractivity contribution in [1.82, 2.24) is 0 Å². The fourth-order valence-corrected chi connectivity index (χ4v) is 13.4. The summed E-state index contributed by atoms with van der Waals surface area (Å²) in [6.07, 6.45) is 1.43. The molecular formula is C37H40FO2PSi. The standard InChI is InChI=1S/C37H40FO2PSi/c1-29-35(38)27-30(25-26-41(39,31-17-9-5-10-18-31)32-19-11-6-12-20-32)28-36(29)40-42(37(2,3)4,33-21-13-7-14-22-33)34-23-15-8-16-24-34/h5-25,35-36H,1,26-28H2,2-4H3/b30-25+/t35-,36+/m0/s1. The van der Waals surface area contributed by atoms with Crippen LogP contribution in [0.3, 0.4) is 0 Å². The Balaban J connectivity index is 1.53. The molecule has 0 aromatic heterocycles. The second-order valence-electron chi connectivity index (χ2n) is 12.2. The average Bonchev–Trinajstić information content (AvgIpc) is 3.02. The number of hydrogen-bond acceptors (Lipinski definition) is 2. The SMILES string of the molecule is C=C1[C@@H](F)C/C(=C\CP(=O)(c2ccccc2)c2ccccc2)C[C@H]1O[Si](c1ccccc1)(c1ccccc1)C(C)(C)C. The molecule has 0 spiro atoms. The van der Waals surface area contributed by atoms with Crippen molar-refractivity contribution in [2.45, 2.75) is 50.9 Å². The normalized spacial score (nSPS) is 19.1. The zero-order valence-electron chi connectivity index (χ0n) is 24.7. The second kappa shape index (κ2) is 12.5. The van der Waals surface area contributed by atoms with Gasteiger partial charge in [0.15, 0.2) is 0 Å². The lowest BCUT2D eigenvalue weighted by Gasteiger charge is -2.46. The van der Waals surface area contributed by atoms with Gasteiger partial charge in [0, 0.05) is 23.2 Å². The van der Waals surface area contributed by atoms with Crippen LogP contribution in [0, 0.1) is 0 Å². The summed E-state index contributed by atoms with van der Waals surface area (Å²) >= 11 is 0. The van der Waals surface area contributed by atoms with E-state index in [-0.39, 0.29) is 11.5 Å². The van der Waals surface area contributed by atoms with Gasteiger partial charge in [0.25, 0.3) is 8.32 Å². The van der Waals surface area contributed by atoms with Crippen molar-refractivity contribution in [3.05, 3.63) is 145 Å². The number of halogens is 1. The van der Waals surface area contributed by atoms with Gasteiger partial charge in [-0.1, -0.05) is 160 Å². The van der Waals surface area contributed by atoms with E-state index in [1.54, 1.807) is 0 Å². The molecule has 5 heteroatoms. The summed E-state index contributed by atoms with van der Waals surface area (Å²) in [4.78, 5) is 0. The van der Waals surface area contributed by atoms with E-state index in [1.807, 2.05) is 78.9 Å². The minimum absolute atomic E-state index is 0.237. The Hall–Kier alpha value is -3.30. The van der Waals surface area contributed by atoms with Gasteiger partial charge in [-0.25, -0.2) is 4.39 Å². The maximum absolute atomic E-state index is 15.7. The Bertz CT molecular complexity index is 1480. The third-order valence-corrected chi connectivity index (χ3v) is 16.4. The summed E-state index contributed by atoms with van der Waals surface area (Å²) in [7, 11) is -5.87. The fourth-order valence-electron chi connectivity index (χ4n) is 6.16. The van der Waals surface area contributed by atoms with Crippen LogP contribution >= 0.6 is 7.14 Å². The second-order valence-corrected chi connectivity index (χ2v) is 19.3. The summed E-state index contributed by atoms with van der Waals surface area (Å²) in [6, 6.07) is 40.1. The van der Waals surface area contributed by atoms with E-state index in [0.717, 1.165) is 26.6 Å². The van der Waals surface area contributed by atoms with Crippen LogP contribution in [-0.2, 0) is 8.99 Å². The molecule has 1 saturated carbocycles. The number of allylic oxidation sites excluding steroid dienone is 1. The quantitative estimate of drug-likeness (QED) is 0.120. The van der Waals surface area contributed by atoms with Gasteiger partial charge in [-0.3, -0.25) is 0 Å². The molecule has 0 N–H and O–H groups in total. The van der Waals surface area contributed by atoms with Gasteiger partial charge < -0.3 is 8.99 Å². The molecule has 0 bridgehead atoms. The molecule has 2 atom stereocenters. The highest BCUT2D eigenvalue weighted by atomic mass is 31.2. The van der Waals surface area contributed by atoms with Crippen LogP contribution in [0.2, 0.25) is 5.04 Å². The van der Waals surface area contributed by atoms with Gasteiger partial charge in [0.2, 0.25) is 0 Å². The summed E-state index contributed by atoms with van der Waals surface area (Å²) in [5.74, 6) is 0. The highest BCUT2D eigenvalue weighted by molar-refractivity contribution is 7.78. The van der Waals surface area contributed by atoms with Gasteiger partial charge in [0.05, 0.1) is 6.10 Å². The van der Waals surface area contributed by atoms with Gasteiger partial charge in [-0.05, 0) is 27.4 Å². The fraction of sp³-hybridized carbons (Fsp3) is 0.243. The van der Waals surface area contributed by atoms with Gasteiger partial charge in [-0.15, -0.1) is 0 Å². The topological polar surface area (TPSA) is 26.3 Å². The summed E-state index contributed by atoms with van der Waals surface area (Å²) in [5.41, 5.74) is 1.43. The molecule has 4 aromatic rings. The van der Waals surface area contributed by atoms with Crippen LogP contribution in [0.4, 0.5) is 4.39 Å². The molecule has 1 aliphatic rings. The van der Waals surface area contributed by atoms with Crippen LogP contribution in [0.1, 0.15) is 33.6 Å². The van der Waals surface area contributed by atoms with Crippen LogP contribution in [0.15, 0.2) is 145 Å². The predicted octanol–water partition coefficient (Wildman–Crippen LogP) is 7.56. The van der Waals surface area contributed by atoms with Crippen molar-refractivity contribution in [2.24, 2.45) is 0 Å². The van der Waals surface area contributed by atoms with E-state index in [1.165, 1.54) is 0 Å². The van der Waals surface area contributed by atoms with Crippen molar-refractivity contribution in [1.29, 1.82) is 0 Å². The summed E-state index contributed by atoms with van der Waals surface area (Å²) in [5, 5.41) is 3.69. The summed E-state index contributed by atoms with van der Waals surface area (Å²) < 4.78 is 37.7. The molecular weight excluding hydrogens is 554 g/mol. The molecule has 0 heterocycles. The average molecular weight is 595 g/mol. The molecule has 0 amide bonds. The third-order valence-electron chi connectivity index (χ3n) is 8.42. The van der Waals surface area contributed by atoms with Crippen LogP contribution in [-0.4, -0.2) is 26.8 Å². The molecule has 1 fully saturated rings. The Morgan fingerprint density at radius 3 is 1.64 bits per heavy atom. The lowest BCUT2D eigenvalue weighted by molar-refractivity contribution is 0.178. The molecule has 0 unspecified atom stereocenters. The lowest BCUT2D eigenvalue weighted by Crippen LogP contribution is -2.68. The maximum Gasteiger partial charge on any atom is 0.261 e. The number of benzene rings is 4. The van der Waals surface area contributed by atoms with E-state index in [0.29, 0.717) is 18.2 Å². The first-order chi connectivity index (χ1) is 20.1. The largest absolute Gasteiger partial charge is 0.400 e. The highest BCUT2D eigenvalue weighted by Gasteiger charge is 2.52. The van der Waals surface area contributed by atoms with E-state index >= 15 is 4.39 Å². The Morgan fingerprint density at radius 1 is 0.786 bits per heavy atom. The first kappa shape index (κ1) is 30.2. The molecule has 0 saturated heterocycles. The van der Waals surface area contributed by atoms with Crippen LogP contribution in [0.25, 0.3) is 0 Å². The zero-order chi connectivity index (χ0) is 29.8. The smallest absolute Gasteiger partial charge is 0.261 e. The molecule has 216 valence electrons. The number of rotatable bonds is 8. The Morgan fingerprint density at radius 2 is 1.21 bits per heavy atom. The van der Waals surface area contributed by atoms with Crippen LogP contribution < -0.4 is 21.0 Å². The molecule has 5 rings (SSSR count). The minimum atomic E-state index is -2.96. The van der Waals surface area contributed by atoms with Crippen molar-refractivity contribution >= 4 is 36.4 Å². The molecule has 42 heavy (non-hydrogen) atoms. The third kappa shape index (κ3) is 5.94. The predicted molar refractivity (Wildman–Crippen MR) is 178 cm³/mol. The zero-order valence-corrected chi connectivity index (χ0v) is 26.6. The maximum atomic E-state index is 15.7. The van der Waals surface area contributed by atoms with Crippen LogP contribution in [0.5, 0.6) is 0 Å². The van der Waals surface area contributed by atoms with E-state index in [9.17, 15) is 4.57 Å². The molecule has 2 nitrogen and oxygen atoms in total. The minimum Gasteiger partial charge on any atom is -0.400 e. The van der Waals surface area contributed by atoms with Gasteiger partial charge in [0.1, 0.15) is 13.3 Å². The molecule has 4 aromatic carbocycles. The van der Waals surface area contributed by atoms with Gasteiger partial charge >= 0.3 is 0 Å². The summed E-state index contributed by atoms with van der Waals surface area (Å²) in [6.45, 7) is 10.9. The van der Waals surface area contributed by atoms with Crippen molar-refractivity contribution in [3.63, 3.8) is 0 Å². The molecule has 0 aliphatic heterocycles. The van der Waals surface area contributed by atoms with E-state index in [2.05, 4.69) is 75.9 Å². The van der Waals surface area contributed by atoms with Gasteiger partial charge in [-0.2, -0.15) is 0 Å². The first-order valence-electron chi connectivity index (χ1n) is 14.6. The number of alkyl halides is 1. The monoisotopic (exact) mass is 594 g/mol. The van der Waals surface area contributed by atoms with Crippen molar-refractivity contribution < 1.29 is 13.4 Å². The van der Waals surface area contributed by atoms with E-state index < -0.39 is 27.7 Å². The van der Waals surface area contributed by atoms with E-state index in [4.69, 9.17) is 4.43 Å². The first-order valence-corrected chi connectivity index (χ1v) is 18.4. The van der Waals surface area contributed by atoms with Crippen molar-refractivity contribution in [3.8, 4) is 0 Å². The van der Waals surface area contributed by atoms with Crippen molar-refractivity contribution in [2.75, 3.05) is 6.16 Å². The number of hydrogen-bond donors (Lipinski definition) is 0. The molecule has 1 aliphatic carbocycles. The highest BCUT2D eigenvalue weighted by Crippen LogP contribution is 2.45.